The molecule has 0 aliphatic carbocycles. The molecule has 0 bridgehead atoms. The standard InChI is InChI=1S/C15H13FO2.Cu/c1-10(15(17)18)12-7-8-13(14(16)9-12)11-5-3-2-4-6-11;/h2-10H,1H3,(H,17,18);/q;+1. The number of carboxylic acid groups (broad SMARTS) is 1. The molecule has 0 fully saturated rings. The molecule has 1 N–H and O–H groups in total. The molecule has 2 rings (SSSR count). The monoisotopic (exact) mass is 307 g/mol. The van der Waals surface area contributed by atoms with Gasteiger partial charge in [0.2, 0.25) is 0 Å². The van der Waals surface area contributed by atoms with E-state index < -0.39 is 17.7 Å². The summed E-state index contributed by atoms with van der Waals surface area (Å²) >= 11 is 0. The third-order valence-corrected chi connectivity index (χ3v) is 2.95. The summed E-state index contributed by atoms with van der Waals surface area (Å²) in [5.74, 6) is -2.06. The SMILES string of the molecule is CC(C(=O)O)c1ccc(-c2ccccc2)c(F)c1.[Cu+]. The average Bonchev–Trinajstić information content (AvgIpc) is 2.38. The van der Waals surface area contributed by atoms with Gasteiger partial charge in [0.05, 0.1) is 5.92 Å². The molecule has 102 valence electrons. The van der Waals surface area contributed by atoms with Crippen molar-refractivity contribution in [2.24, 2.45) is 0 Å². The Hall–Kier alpha value is -1.64. The summed E-state index contributed by atoms with van der Waals surface area (Å²) in [4.78, 5) is 10.8. The van der Waals surface area contributed by atoms with E-state index in [-0.39, 0.29) is 17.1 Å². The minimum atomic E-state index is -0.957. The first kappa shape index (κ1) is 15.4. The predicted molar refractivity (Wildman–Crippen MR) is 67.9 cm³/mol. The van der Waals surface area contributed by atoms with E-state index in [4.69, 9.17) is 5.11 Å². The van der Waals surface area contributed by atoms with Crippen molar-refractivity contribution in [3.05, 3.63) is 59.9 Å². The molecule has 0 saturated carbocycles. The summed E-state index contributed by atoms with van der Waals surface area (Å²) in [5, 5.41) is 8.89. The van der Waals surface area contributed by atoms with Crippen molar-refractivity contribution >= 4 is 5.97 Å². The zero-order chi connectivity index (χ0) is 13.1. The van der Waals surface area contributed by atoms with Crippen LogP contribution in [0.4, 0.5) is 4.39 Å². The normalized spacial score (nSPS) is 11.5. The van der Waals surface area contributed by atoms with E-state index in [9.17, 15) is 9.18 Å². The van der Waals surface area contributed by atoms with E-state index in [1.807, 2.05) is 30.3 Å². The predicted octanol–water partition coefficient (Wildman–Crippen LogP) is 3.68. The summed E-state index contributed by atoms with van der Waals surface area (Å²) < 4.78 is 14.0. The molecule has 0 saturated heterocycles. The maximum Gasteiger partial charge on any atom is 1.00 e. The molecule has 1 unspecified atom stereocenters. The van der Waals surface area contributed by atoms with Crippen LogP contribution in [0.3, 0.4) is 0 Å². The fraction of sp³-hybridized carbons (Fsp3) is 0.133. The van der Waals surface area contributed by atoms with Gasteiger partial charge in [0.25, 0.3) is 0 Å². The van der Waals surface area contributed by atoms with Crippen molar-refractivity contribution in [1.29, 1.82) is 0 Å². The summed E-state index contributed by atoms with van der Waals surface area (Å²) in [7, 11) is 0. The Morgan fingerprint density at radius 3 is 2.32 bits per heavy atom. The van der Waals surface area contributed by atoms with Crippen LogP contribution in [0, 0.1) is 5.82 Å². The van der Waals surface area contributed by atoms with Crippen LogP contribution in [0.15, 0.2) is 48.5 Å². The first-order valence-corrected chi connectivity index (χ1v) is 5.67. The summed E-state index contributed by atoms with van der Waals surface area (Å²) in [5.41, 5.74) is 1.74. The topological polar surface area (TPSA) is 37.3 Å². The quantitative estimate of drug-likeness (QED) is 0.878. The summed E-state index contributed by atoms with van der Waals surface area (Å²) in [6.07, 6.45) is 0. The zero-order valence-electron chi connectivity index (χ0n) is 10.2. The van der Waals surface area contributed by atoms with Crippen LogP contribution in [0.1, 0.15) is 18.4 Å². The number of rotatable bonds is 3. The Morgan fingerprint density at radius 1 is 1.16 bits per heavy atom. The second kappa shape index (κ2) is 6.50. The zero-order valence-corrected chi connectivity index (χ0v) is 11.2. The van der Waals surface area contributed by atoms with Crippen molar-refractivity contribution in [1.82, 2.24) is 0 Å². The van der Waals surface area contributed by atoms with Crippen LogP contribution in [0.25, 0.3) is 11.1 Å². The molecule has 4 heteroatoms. The largest absolute Gasteiger partial charge is 1.00 e. The van der Waals surface area contributed by atoms with Gasteiger partial charge in [-0.25, -0.2) is 4.39 Å². The molecule has 0 aliphatic rings. The van der Waals surface area contributed by atoms with Crippen LogP contribution in [-0.4, -0.2) is 11.1 Å². The van der Waals surface area contributed by atoms with Gasteiger partial charge in [-0.2, -0.15) is 0 Å². The smallest absolute Gasteiger partial charge is 0.481 e. The van der Waals surface area contributed by atoms with Gasteiger partial charge in [-0.15, -0.1) is 0 Å². The fourth-order valence-corrected chi connectivity index (χ4v) is 1.80. The van der Waals surface area contributed by atoms with E-state index in [2.05, 4.69) is 0 Å². The van der Waals surface area contributed by atoms with Crippen LogP contribution >= 0.6 is 0 Å². The molecule has 1 atom stereocenters. The van der Waals surface area contributed by atoms with Gasteiger partial charge < -0.3 is 5.11 Å². The van der Waals surface area contributed by atoms with Gasteiger partial charge in [0.1, 0.15) is 5.82 Å². The fourth-order valence-electron chi connectivity index (χ4n) is 1.80. The Kier molecular flexibility index (Phi) is 5.28. The number of carbonyl (C=O) groups is 1. The van der Waals surface area contributed by atoms with Crippen molar-refractivity contribution in [3.63, 3.8) is 0 Å². The summed E-state index contributed by atoms with van der Waals surface area (Å²) in [6, 6.07) is 13.7. The van der Waals surface area contributed by atoms with Crippen molar-refractivity contribution in [3.8, 4) is 11.1 Å². The molecule has 0 spiro atoms. The van der Waals surface area contributed by atoms with Crippen LogP contribution < -0.4 is 0 Å². The molecule has 0 aliphatic heterocycles. The number of hydrogen-bond acceptors (Lipinski definition) is 1. The first-order chi connectivity index (χ1) is 8.59. The number of hydrogen-bond donors (Lipinski definition) is 1. The van der Waals surface area contributed by atoms with E-state index in [0.717, 1.165) is 5.56 Å². The van der Waals surface area contributed by atoms with E-state index in [1.54, 1.807) is 19.1 Å². The third kappa shape index (κ3) is 3.43. The van der Waals surface area contributed by atoms with Crippen LogP contribution in [0.2, 0.25) is 0 Å². The second-order valence-electron chi connectivity index (χ2n) is 4.17. The molecule has 0 amide bonds. The Morgan fingerprint density at radius 2 is 1.79 bits per heavy atom. The minimum absolute atomic E-state index is 0. The Balaban J connectivity index is 0.00000180. The number of aliphatic carboxylic acids is 1. The van der Waals surface area contributed by atoms with E-state index in [0.29, 0.717) is 11.1 Å². The Bertz CT molecular complexity index is 570. The van der Waals surface area contributed by atoms with Gasteiger partial charge >= 0.3 is 23.0 Å². The van der Waals surface area contributed by atoms with Crippen molar-refractivity contribution < 1.29 is 31.4 Å². The van der Waals surface area contributed by atoms with Crippen molar-refractivity contribution in [2.45, 2.75) is 12.8 Å². The van der Waals surface area contributed by atoms with E-state index >= 15 is 0 Å². The van der Waals surface area contributed by atoms with Crippen molar-refractivity contribution in [2.75, 3.05) is 0 Å². The molecule has 2 nitrogen and oxygen atoms in total. The van der Waals surface area contributed by atoms with Gasteiger partial charge in [-0.05, 0) is 24.1 Å². The van der Waals surface area contributed by atoms with Gasteiger partial charge in [0, 0.05) is 5.56 Å². The first-order valence-electron chi connectivity index (χ1n) is 5.67. The molecule has 0 aromatic heterocycles. The summed E-state index contributed by atoms with van der Waals surface area (Å²) in [6.45, 7) is 1.54. The molecular formula is C15H13CuFO2+. The van der Waals surface area contributed by atoms with Gasteiger partial charge in [0.15, 0.2) is 0 Å². The van der Waals surface area contributed by atoms with Gasteiger partial charge in [-0.3, -0.25) is 4.79 Å². The molecular weight excluding hydrogens is 295 g/mol. The second-order valence-corrected chi connectivity index (χ2v) is 4.17. The molecule has 0 radical (unpaired) electrons. The van der Waals surface area contributed by atoms with E-state index in [1.165, 1.54) is 6.07 Å². The maximum absolute atomic E-state index is 14.0. The minimum Gasteiger partial charge on any atom is -0.481 e. The average molecular weight is 308 g/mol. The maximum atomic E-state index is 14.0. The number of halogens is 1. The number of carboxylic acids is 1. The molecule has 2 aromatic carbocycles. The third-order valence-electron chi connectivity index (χ3n) is 2.95. The molecule has 19 heavy (non-hydrogen) atoms. The van der Waals surface area contributed by atoms with Crippen LogP contribution in [-0.2, 0) is 21.9 Å². The molecule has 2 aromatic rings. The number of benzene rings is 2. The van der Waals surface area contributed by atoms with Crippen LogP contribution in [0.5, 0.6) is 0 Å². The Labute approximate surface area is 121 Å². The molecule has 0 heterocycles. The van der Waals surface area contributed by atoms with Gasteiger partial charge in [-0.1, -0.05) is 42.5 Å².